The molecule has 0 aliphatic heterocycles. The first kappa shape index (κ1) is 14.5. The molecule has 0 rings (SSSR count). The third-order valence-electron chi connectivity index (χ3n) is 2.04. The van der Waals surface area contributed by atoms with Crippen molar-refractivity contribution in [1.29, 1.82) is 0 Å². The maximum Gasteiger partial charge on any atom is 0.334 e. The Bertz CT molecular complexity index is 214. The molecule has 88 valence electrons. The molecule has 0 aliphatic carbocycles. The van der Waals surface area contributed by atoms with Crippen molar-refractivity contribution in [2.24, 2.45) is 5.92 Å². The molecule has 15 heavy (non-hydrogen) atoms. The summed E-state index contributed by atoms with van der Waals surface area (Å²) in [6.07, 6.45) is 3.36. The molecule has 0 aliphatic rings. The Morgan fingerprint density at radius 1 is 1.60 bits per heavy atom. The molecule has 0 saturated heterocycles. The third-order valence-corrected chi connectivity index (χ3v) is 2.38. The van der Waals surface area contributed by atoms with E-state index in [1.807, 2.05) is 13.0 Å². The lowest BCUT2D eigenvalue weighted by molar-refractivity contribution is -0.378. The molecule has 0 amide bonds. The van der Waals surface area contributed by atoms with Crippen LogP contribution in [0.25, 0.3) is 0 Å². The van der Waals surface area contributed by atoms with E-state index in [0.717, 1.165) is 12.8 Å². The minimum atomic E-state index is -0.303. The Balaban J connectivity index is 4.04. The molecular formula is C11H19O3S-. The second kappa shape index (κ2) is 8.80. The van der Waals surface area contributed by atoms with Crippen LogP contribution in [0.4, 0.5) is 0 Å². The molecule has 0 spiro atoms. The monoisotopic (exact) mass is 231 g/mol. The van der Waals surface area contributed by atoms with Gasteiger partial charge in [-0.05, 0) is 19.8 Å². The predicted molar refractivity (Wildman–Crippen MR) is 61.8 cm³/mol. The number of thiol groups is 1. The van der Waals surface area contributed by atoms with Gasteiger partial charge in [0, 0.05) is 11.3 Å². The smallest absolute Gasteiger partial charge is 0.334 e. The number of allylic oxidation sites excluding steroid dienone is 1. The summed E-state index contributed by atoms with van der Waals surface area (Å²) in [6, 6.07) is 0. The third kappa shape index (κ3) is 6.57. The normalized spacial score (nSPS) is 13.7. The van der Waals surface area contributed by atoms with E-state index in [9.17, 15) is 9.90 Å². The van der Waals surface area contributed by atoms with Gasteiger partial charge in [0.05, 0.1) is 6.61 Å². The Kier molecular flexibility index (Phi) is 8.52. The number of carbonyl (C=O) groups is 1. The van der Waals surface area contributed by atoms with Crippen molar-refractivity contribution in [2.75, 3.05) is 19.0 Å². The molecule has 0 aromatic rings. The van der Waals surface area contributed by atoms with Gasteiger partial charge in [-0.15, -0.1) is 6.61 Å². The average molecular weight is 231 g/mol. The van der Waals surface area contributed by atoms with Gasteiger partial charge in [-0.1, -0.05) is 18.9 Å². The van der Waals surface area contributed by atoms with Crippen LogP contribution >= 0.6 is 12.6 Å². The zero-order valence-electron chi connectivity index (χ0n) is 9.36. The van der Waals surface area contributed by atoms with Crippen molar-refractivity contribution in [2.45, 2.75) is 26.7 Å². The van der Waals surface area contributed by atoms with Gasteiger partial charge in [-0.25, -0.2) is 4.79 Å². The van der Waals surface area contributed by atoms with Gasteiger partial charge in [0.15, 0.2) is 0 Å². The molecule has 0 heterocycles. The molecule has 1 atom stereocenters. The van der Waals surface area contributed by atoms with Gasteiger partial charge < -0.3 is 9.84 Å². The molecule has 0 N–H and O–H groups in total. The summed E-state index contributed by atoms with van der Waals surface area (Å²) >= 11 is 4.06. The fraction of sp³-hybridized carbons (Fsp3) is 0.727. The summed E-state index contributed by atoms with van der Waals surface area (Å²) in [5.41, 5.74) is 0.582. The Morgan fingerprint density at radius 2 is 2.27 bits per heavy atom. The summed E-state index contributed by atoms with van der Waals surface area (Å²) in [5.74, 6) is 0.233. The molecule has 1 unspecified atom stereocenters. The number of hydrogen-bond donors (Lipinski definition) is 1. The van der Waals surface area contributed by atoms with Crippen LogP contribution in [0.5, 0.6) is 0 Å². The summed E-state index contributed by atoms with van der Waals surface area (Å²) in [4.78, 5) is 11.3. The molecular weight excluding hydrogens is 212 g/mol. The van der Waals surface area contributed by atoms with E-state index in [-0.39, 0.29) is 18.5 Å². The maximum absolute atomic E-state index is 11.3. The quantitative estimate of drug-likeness (QED) is 0.407. The van der Waals surface area contributed by atoms with Crippen molar-refractivity contribution in [1.82, 2.24) is 0 Å². The van der Waals surface area contributed by atoms with Crippen LogP contribution in [0.3, 0.4) is 0 Å². The summed E-state index contributed by atoms with van der Waals surface area (Å²) in [5, 5.41) is 10.5. The van der Waals surface area contributed by atoms with Crippen LogP contribution in [-0.2, 0) is 9.53 Å². The van der Waals surface area contributed by atoms with Crippen LogP contribution in [0.1, 0.15) is 26.7 Å². The second-order valence-corrected chi connectivity index (χ2v) is 3.77. The lowest BCUT2D eigenvalue weighted by Crippen LogP contribution is -2.15. The van der Waals surface area contributed by atoms with E-state index < -0.39 is 0 Å². The number of hydrogen-bond acceptors (Lipinski definition) is 4. The van der Waals surface area contributed by atoms with Crippen molar-refractivity contribution in [3.63, 3.8) is 0 Å². The van der Waals surface area contributed by atoms with Gasteiger partial charge in [0.2, 0.25) is 0 Å². The van der Waals surface area contributed by atoms with E-state index in [1.54, 1.807) is 6.92 Å². The predicted octanol–water partition coefficient (Wildman–Crippen LogP) is 1.18. The molecule has 0 aromatic carbocycles. The summed E-state index contributed by atoms with van der Waals surface area (Å²) < 4.78 is 4.86. The summed E-state index contributed by atoms with van der Waals surface area (Å²) in [7, 11) is 0. The molecule has 0 aromatic heterocycles. The number of carbonyl (C=O) groups excluding carboxylic acids is 1. The summed E-state index contributed by atoms with van der Waals surface area (Å²) in [6.45, 7) is 3.99. The molecule has 4 heteroatoms. The highest BCUT2D eigenvalue weighted by Crippen LogP contribution is 2.08. The first-order chi connectivity index (χ1) is 7.15. The fourth-order valence-electron chi connectivity index (χ4n) is 1.06. The molecule has 0 bridgehead atoms. The van der Waals surface area contributed by atoms with E-state index in [2.05, 4.69) is 12.6 Å². The average Bonchev–Trinajstić information content (AvgIpc) is 2.24. The van der Waals surface area contributed by atoms with E-state index in [0.29, 0.717) is 17.9 Å². The zero-order chi connectivity index (χ0) is 11.7. The van der Waals surface area contributed by atoms with Gasteiger partial charge in [0.25, 0.3) is 0 Å². The largest absolute Gasteiger partial charge is 0.854 e. The molecule has 0 fully saturated rings. The first-order valence-corrected chi connectivity index (χ1v) is 5.84. The highest BCUT2D eigenvalue weighted by atomic mass is 32.1. The minimum Gasteiger partial charge on any atom is -0.854 e. The van der Waals surface area contributed by atoms with E-state index >= 15 is 0 Å². The van der Waals surface area contributed by atoms with E-state index in [4.69, 9.17) is 4.74 Å². The number of rotatable bonds is 7. The zero-order valence-corrected chi connectivity index (χ0v) is 10.3. The molecule has 0 radical (unpaired) electrons. The van der Waals surface area contributed by atoms with Crippen LogP contribution in [0, 0.1) is 5.92 Å². The van der Waals surface area contributed by atoms with Crippen molar-refractivity contribution in [3.05, 3.63) is 11.6 Å². The Hall–Kier alpha value is -0.480. The standard InChI is InChI=1S/C11H19O3S/c1-3-14-11(13)10(8-15)6-4-5-9(2)7-12/h6,9,15H,3-5,7-8H2,1-2H3/q-1/b10-6+. The van der Waals surface area contributed by atoms with Gasteiger partial charge in [0.1, 0.15) is 0 Å². The minimum absolute atomic E-state index is 0.0660. The fourth-order valence-corrected chi connectivity index (χ4v) is 1.32. The van der Waals surface area contributed by atoms with Crippen LogP contribution in [-0.4, -0.2) is 24.9 Å². The topological polar surface area (TPSA) is 49.4 Å². The molecule has 3 nitrogen and oxygen atoms in total. The highest BCUT2D eigenvalue weighted by Gasteiger charge is 2.07. The lowest BCUT2D eigenvalue weighted by Gasteiger charge is -2.12. The van der Waals surface area contributed by atoms with Gasteiger partial charge in [-0.2, -0.15) is 12.6 Å². The van der Waals surface area contributed by atoms with Crippen LogP contribution < -0.4 is 5.11 Å². The lowest BCUT2D eigenvalue weighted by atomic mass is 10.1. The number of ether oxygens (including phenoxy) is 1. The van der Waals surface area contributed by atoms with Crippen molar-refractivity contribution < 1.29 is 14.6 Å². The maximum atomic E-state index is 11.3. The Morgan fingerprint density at radius 3 is 2.73 bits per heavy atom. The molecule has 0 saturated carbocycles. The van der Waals surface area contributed by atoms with Crippen molar-refractivity contribution in [3.8, 4) is 0 Å². The van der Waals surface area contributed by atoms with Crippen LogP contribution in [0.2, 0.25) is 0 Å². The highest BCUT2D eigenvalue weighted by molar-refractivity contribution is 7.80. The SMILES string of the molecule is CCOC(=O)/C(=C/CCC(C)C[O-])CS. The van der Waals surface area contributed by atoms with Crippen molar-refractivity contribution >= 4 is 18.6 Å². The van der Waals surface area contributed by atoms with Gasteiger partial charge >= 0.3 is 5.97 Å². The number of esters is 1. The Labute approximate surface area is 96.9 Å². The van der Waals surface area contributed by atoms with E-state index in [1.165, 1.54) is 0 Å². The second-order valence-electron chi connectivity index (χ2n) is 3.46. The van der Waals surface area contributed by atoms with Crippen LogP contribution in [0.15, 0.2) is 11.6 Å². The first-order valence-electron chi connectivity index (χ1n) is 5.20. The van der Waals surface area contributed by atoms with Gasteiger partial charge in [-0.3, -0.25) is 0 Å².